The summed E-state index contributed by atoms with van der Waals surface area (Å²) >= 11 is 0. The molecule has 0 aliphatic carbocycles. The maximum atomic E-state index is 13.8. The number of nitrogens with two attached hydrogens (primary N) is 1. The molecule has 0 saturated carbocycles. The second-order valence-electron chi connectivity index (χ2n) is 14.7. The van der Waals surface area contributed by atoms with Crippen molar-refractivity contribution in [3.63, 3.8) is 0 Å². The highest BCUT2D eigenvalue weighted by Gasteiger charge is 2.36. The fourth-order valence-corrected chi connectivity index (χ4v) is 5.42. The minimum Gasteiger partial charge on any atom is -0.481 e. The van der Waals surface area contributed by atoms with Gasteiger partial charge in [0.15, 0.2) is 0 Å². The minimum absolute atomic E-state index is 0.289. The number of nitrogens with one attached hydrogen (secondary N) is 9. The number of aromatic amines is 1. The van der Waals surface area contributed by atoms with Crippen LogP contribution in [0.3, 0.4) is 0 Å². The molecule has 25 nitrogen and oxygen atoms in total. The van der Waals surface area contributed by atoms with E-state index in [0.29, 0.717) is 12.1 Å². The monoisotopic (exact) mass is 869 g/mol. The minimum atomic E-state index is -1.78. The molecule has 1 heterocycles. The van der Waals surface area contributed by atoms with E-state index in [2.05, 4.69) is 52.5 Å². The Bertz CT molecular complexity index is 1690. The Labute approximate surface area is 350 Å². The first-order valence-electron chi connectivity index (χ1n) is 19.3. The van der Waals surface area contributed by atoms with Crippen molar-refractivity contribution in [2.45, 2.75) is 103 Å². The first-order chi connectivity index (χ1) is 28.6. The molecule has 8 amide bonds. The van der Waals surface area contributed by atoms with Crippen LogP contribution in [-0.4, -0.2) is 158 Å². The number of aliphatic carboxylic acids is 2. The topological polar surface area (TPSA) is 403 Å². The van der Waals surface area contributed by atoms with Gasteiger partial charge in [-0.25, -0.2) is 9.78 Å². The molecule has 0 aromatic carbocycles. The number of H-pyrrole nitrogens is 1. The zero-order valence-electron chi connectivity index (χ0n) is 34.8. The van der Waals surface area contributed by atoms with Crippen LogP contribution < -0.4 is 48.3 Å². The SMILES string of the molecule is CC[C@H](C)[C@H](NC(=O)CN)C(=O)N[C@@H](CC(=O)O)C(=O)N[C@H](C(=O)N[C@@H](Cc1cnc[nH]1)C(=O)N[C@@H](CO)C(=O)N[C@@H](CO)C(=O)NCC(=O)N[C@H](C(=O)O)C(C)C)C(C)C. The van der Waals surface area contributed by atoms with Gasteiger partial charge in [0.1, 0.15) is 42.3 Å². The maximum Gasteiger partial charge on any atom is 0.326 e. The molecule has 1 aromatic heterocycles. The normalized spacial score (nSPS) is 15.0. The standard InChI is InChI=1S/C36H59N11O14/c1-7-18(6)29(45-24(50)10-37)35(59)42-21(9-26(52)53)32(56)47-27(16(2)3)34(58)41-20(8-19-11-38-15-40-19)31(55)44-23(14-49)33(57)43-22(13-48)30(54)39-12-25(51)46-28(17(4)5)36(60)61/h11,15-18,20-23,27-29,48-49H,7-10,12-14,37H2,1-6H3,(H,38,40)(H,39,54)(H,41,58)(H,42,59)(H,43,57)(H,44,55)(H,45,50)(H,46,51)(H,47,56)(H,52,53)(H,60,61)/t18-,20-,21-,22-,23-,27-,28-,29-/m0/s1. The highest BCUT2D eigenvalue weighted by Crippen LogP contribution is 2.11. The van der Waals surface area contributed by atoms with Crippen LogP contribution in [0, 0.1) is 17.8 Å². The number of hydrogen-bond donors (Lipinski definition) is 14. The lowest BCUT2D eigenvalue weighted by Crippen LogP contribution is -2.62. The van der Waals surface area contributed by atoms with E-state index in [4.69, 9.17) is 5.73 Å². The number of rotatable bonds is 27. The Morgan fingerprint density at radius 3 is 1.61 bits per heavy atom. The zero-order valence-corrected chi connectivity index (χ0v) is 34.8. The lowest BCUT2D eigenvalue weighted by Gasteiger charge is -2.29. The van der Waals surface area contributed by atoms with E-state index < -0.39 is 152 Å². The summed E-state index contributed by atoms with van der Waals surface area (Å²) in [6.07, 6.45) is 1.79. The molecule has 0 radical (unpaired) electrons. The first-order valence-corrected chi connectivity index (χ1v) is 19.3. The molecule has 15 N–H and O–H groups in total. The molecular weight excluding hydrogens is 810 g/mol. The van der Waals surface area contributed by atoms with Crippen LogP contribution in [0.25, 0.3) is 0 Å². The number of carboxylic acids is 2. The van der Waals surface area contributed by atoms with Gasteiger partial charge in [-0.05, 0) is 17.8 Å². The molecule has 342 valence electrons. The fourth-order valence-electron chi connectivity index (χ4n) is 5.42. The lowest BCUT2D eigenvalue weighted by atomic mass is 9.97. The van der Waals surface area contributed by atoms with Gasteiger partial charge in [-0.3, -0.25) is 43.2 Å². The largest absolute Gasteiger partial charge is 0.481 e. The van der Waals surface area contributed by atoms with E-state index in [1.54, 1.807) is 27.7 Å². The molecule has 25 heteroatoms. The summed E-state index contributed by atoms with van der Waals surface area (Å²) in [7, 11) is 0. The summed E-state index contributed by atoms with van der Waals surface area (Å²) in [6.45, 7) is 6.29. The van der Waals surface area contributed by atoms with Crippen molar-refractivity contribution < 1.29 is 68.4 Å². The molecule has 0 fully saturated rings. The molecule has 0 aliphatic heterocycles. The van der Waals surface area contributed by atoms with Crippen molar-refractivity contribution in [2.24, 2.45) is 23.5 Å². The average Bonchev–Trinajstić information content (AvgIpc) is 3.72. The number of carboxylic acid groups (broad SMARTS) is 2. The Balaban J connectivity index is 3.21. The third-order valence-electron chi connectivity index (χ3n) is 9.17. The number of aliphatic hydroxyl groups excluding tert-OH is 2. The predicted molar refractivity (Wildman–Crippen MR) is 211 cm³/mol. The predicted octanol–water partition coefficient (Wildman–Crippen LogP) is -5.68. The van der Waals surface area contributed by atoms with Gasteiger partial charge < -0.3 is 73.7 Å². The van der Waals surface area contributed by atoms with Crippen molar-refractivity contribution in [3.05, 3.63) is 18.2 Å². The lowest BCUT2D eigenvalue weighted by molar-refractivity contribution is -0.143. The van der Waals surface area contributed by atoms with Gasteiger partial charge in [0.05, 0.1) is 39.1 Å². The van der Waals surface area contributed by atoms with Crippen LogP contribution >= 0.6 is 0 Å². The number of aromatic nitrogens is 2. The van der Waals surface area contributed by atoms with E-state index in [9.17, 15) is 68.4 Å². The smallest absolute Gasteiger partial charge is 0.326 e. The molecule has 0 saturated heterocycles. The van der Waals surface area contributed by atoms with Crippen LogP contribution in [0.1, 0.15) is 60.1 Å². The van der Waals surface area contributed by atoms with Crippen molar-refractivity contribution in [1.82, 2.24) is 52.5 Å². The third kappa shape index (κ3) is 17.9. The molecule has 0 bridgehead atoms. The molecule has 8 atom stereocenters. The van der Waals surface area contributed by atoms with Gasteiger partial charge in [-0.15, -0.1) is 0 Å². The maximum absolute atomic E-state index is 13.8. The molecular formula is C36H59N11O14. The van der Waals surface area contributed by atoms with E-state index in [-0.39, 0.29) is 6.42 Å². The van der Waals surface area contributed by atoms with Crippen LogP contribution in [0.2, 0.25) is 0 Å². The van der Waals surface area contributed by atoms with Gasteiger partial charge in [-0.1, -0.05) is 48.0 Å². The van der Waals surface area contributed by atoms with Crippen LogP contribution in [0.15, 0.2) is 12.5 Å². The van der Waals surface area contributed by atoms with E-state index >= 15 is 0 Å². The average molecular weight is 870 g/mol. The Morgan fingerprint density at radius 2 is 1.13 bits per heavy atom. The summed E-state index contributed by atoms with van der Waals surface area (Å²) in [5.74, 6) is -12.3. The Kier molecular flexibility index (Phi) is 22.6. The third-order valence-corrected chi connectivity index (χ3v) is 9.17. The number of aliphatic hydroxyl groups is 2. The number of hydrogen-bond acceptors (Lipinski definition) is 14. The van der Waals surface area contributed by atoms with Gasteiger partial charge in [0.2, 0.25) is 47.3 Å². The highest BCUT2D eigenvalue weighted by molar-refractivity contribution is 5.98. The summed E-state index contributed by atoms with van der Waals surface area (Å²) in [6, 6.07) is -10.7. The van der Waals surface area contributed by atoms with Crippen molar-refractivity contribution in [3.8, 4) is 0 Å². The fraction of sp³-hybridized carbons (Fsp3) is 0.639. The number of imidazole rings is 1. The highest BCUT2D eigenvalue weighted by atomic mass is 16.4. The van der Waals surface area contributed by atoms with E-state index in [1.807, 2.05) is 0 Å². The molecule has 0 unspecified atom stereocenters. The van der Waals surface area contributed by atoms with Gasteiger partial charge >= 0.3 is 11.9 Å². The molecule has 0 aliphatic rings. The van der Waals surface area contributed by atoms with Crippen molar-refractivity contribution >= 4 is 59.2 Å². The summed E-state index contributed by atoms with van der Waals surface area (Å²) in [5.41, 5.74) is 5.68. The number of amides is 8. The second kappa shape index (κ2) is 26.1. The second-order valence-corrected chi connectivity index (χ2v) is 14.7. The molecule has 1 rings (SSSR count). The quantitative estimate of drug-likeness (QED) is 0.0392. The van der Waals surface area contributed by atoms with Gasteiger partial charge in [-0.2, -0.15) is 0 Å². The van der Waals surface area contributed by atoms with Crippen molar-refractivity contribution in [1.29, 1.82) is 0 Å². The van der Waals surface area contributed by atoms with Crippen LogP contribution in [-0.2, 0) is 54.4 Å². The molecule has 1 aromatic rings. The summed E-state index contributed by atoms with van der Waals surface area (Å²) in [5, 5.41) is 56.9. The Hall–Kier alpha value is -6.21. The van der Waals surface area contributed by atoms with Gasteiger partial charge in [0.25, 0.3) is 0 Å². The van der Waals surface area contributed by atoms with E-state index in [0.717, 1.165) is 0 Å². The first kappa shape index (κ1) is 52.8. The van der Waals surface area contributed by atoms with Crippen molar-refractivity contribution in [2.75, 3.05) is 26.3 Å². The van der Waals surface area contributed by atoms with Gasteiger partial charge in [0, 0.05) is 18.3 Å². The van der Waals surface area contributed by atoms with E-state index in [1.165, 1.54) is 26.4 Å². The number of nitrogens with zero attached hydrogens (tertiary/aromatic N) is 1. The number of carbonyl (C=O) groups excluding carboxylic acids is 8. The summed E-state index contributed by atoms with van der Waals surface area (Å²) < 4.78 is 0. The van der Waals surface area contributed by atoms with Crippen LogP contribution in [0.4, 0.5) is 0 Å². The molecule has 61 heavy (non-hydrogen) atoms. The van der Waals surface area contributed by atoms with Crippen LogP contribution in [0.5, 0.6) is 0 Å². The molecule has 0 spiro atoms. The summed E-state index contributed by atoms with van der Waals surface area (Å²) in [4.78, 5) is 134. The Morgan fingerprint density at radius 1 is 0.639 bits per heavy atom. The zero-order chi connectivity index (χ0) is 46.6. The number of carbonyl (C=O) groups is 10.